The van der Waals surface area contributed by atoms with Crippen LogP contribution in [0.3, 0.4) is 0 Å². The molecular weight excluding hydrogens is 328 g/mol. The summed E-state index contributed by atoms with van der Waals surface area (Å²) in [6.07, 6.45) is 3.11. The van der Waals surface area contributed by atoms with E-state index in [1.165, 1.54) is 16.7 Å². The number of aliphatic hydroxyl groups is 1. The molecule has 1 aromatic rings. The number of rotatable bonds is 5. The van der Waals surface area contributed by atoms with Crippen molar-refractivity contribution in [3.05, 3.63) is 34.9 Å². The van der Waals surface area contributed by atoms with Crippen molar-refractivity contribution in [2.45, 2.75) is 70.2 Å². The van der Waals surface area contributed by atoms with Gasteiger partial charge in [0, 0.05) is 12.0 Å². The minimum Gasteiger partial charge on any atom is -0.447 e. The average Bonchev–Trinajstić information content (AvgIpc) is 2.89. The van der Waals surface area contributed by atoms with Gasteiger partial charge in [0.2, 0.25) is 0 Å². The van der Waals surface area contributed by atoms with Crippen molar-refractivity contribution in [2.24, 2.45) is 5.92 Å². The molecule has 3 aliphatic rings. The van der Waals surface area contributed by atoms with Gasteiger partial charge in [0.05, 0.1) is 5.54 Å². The molecule has 1 amide bonds. The van der Waals surface area contributed by atoms with Crippen molar-refractivity contribution in [3.8, 4) is 0 Å². The van der Waals surface area contributed by atoms with Crippen LogP contribution >= 0.6 is 0 Å². The van der Waals surface area contributed by atoms with Crippen LogP contribution in [0.5, 0.6) is 0 Å². The van der Waals surface area contributed by atoms with Crippen LogP contribution in [0.2, 0.25) is 0 Å². The molecule has 0 bridgehead atoms. The number of aliphatic hydroxyl groups excluding tert-OH is 1. The van der Waals surface area contributed by atoms with Gasteiger partial charge in [-0.25, -0.2) is 4.79 Å². The number of cyclic esters (lactones) is 1. The second-order valence-corrected chi connectivity index (χ2v) is 8.64. The first-order valence-corrected chi connectivity index (χ1v) is 9.86. The Morgan fingerprint density at radius 1 is 1.27 bits per heavy atom. The van der Waals surface area contributed by atoms with Gasteiger partial charge in [-0.2, -0.15) is 0 Å². The van der Waals surface area contributed by atoms with Crippen LogP contribution in [0.15, 0.2) is 18.2 Å². The minimum atomic E-state index is -0.423. The lowest BCUT2D eigenvalue weighted by Crippen LogP contribution is -2.61. The van der Waals surface area contributed by atoms with Crippen LogP contribution in [0.25, 0.3) is 0 Å². The smallest absolute Gasteiger partial charge is 0.407 e. The van der Waals surface area contributed by atoms with Crippen LogP contribution in [0.4, 0.5) is 4.79 Å². The Bertz CT molecular complexity index is 672. The number of hydrogen-bond acceptors (Lipinski definition) is 4. The summed E-state index contributed by atoms with van der Waals surface area (Å²) in [5.41, 5.74) is 3.88. The summed E-state index contributed by atoms with van der Waals surface area (Å²) in [7, 11) is 0. The third-order valence-corrected chi connectivity index (χ3v) is 6.58. The maximum atomic E-state index is 11.3. The van der Waals surface area contributed by atoms with E-state index in [4.69, 9.17) is 4.74 Å². The number of amides is 1. The normalized spacial score (nSPS) is 34.2. The first-order valence-electron chi connectivity index (χ1n) is 9.86. The molecule has 1 aliphatic heterocycles. The Balaban J connectivity index is 1.33. The van der Waals surface area contributed by atoms with Crippen molar-refractivity contribution in [3.63, 3.8) is 0 Å². The molecule has 3 fully saturated rings. The summed E-state index contributed by atoms with van der Waals surface area (Å²) in [5, 5.41) is 13.8. The Morgan fingerprint density at radius 2 is 1.92 bits per heavy atom. The minimum absolute atomic E-state index is 0.219. The van der Waals surface area contributed by atoms with Gasteiger partial charge in [0.1, 0.15) is 12.8 Å². The zero-order valence-corrected chi connectivity index (χ0v) is 16.0. The maximum absolute atomic E-state index is 11.3. The van der Waals surface area contributed by atoms with Crippen LogP contribution < -0.4 is 5.32 Å². The molecule has 142 valence electrons. The van der Waals surface area contributed by atoms with Crippen molar-refractivity contribution in [2.75, 3.05) is 13.2 Å². The summed E-state index contributed by atoms with van der Waals surface area (Å²) >= 11 is 0. The highest BCUT2D eigenvalue weighted by Crippen LogP contribution is 2.46. The van der Waals surface area contributed by atoms with Gasteiger partial charge in [-0.15, -0.1) is 0 Å². The summed E-state index contributed by atoms with van der Waals surface area (Å²) in [6, 6.07) is 7.28. The molecule has 1 unspecified atom stereocenters. The lowest BCUT2D eigenvalue weighted by Gasteiger charge is -2.51. The van der Waals surface area contributed by atoms with Crippen LogP contribution in [-0.4, -0.2) is 47.1 Å². The first kappa shape index (κ1) is 17.8. The summed E-state index contributed by atoms with van der Waals surface area (Å²) in [4.78, 5) is 13.6. The molecule has 2 N–H and O–H groups in total. The van der Waals surface area contributed by atoms with Crippen molar-refractivity contribution >= 4 is 6.09 Å². The highest BCUT2D eigenvalue weighted by atomic mass is 16.6. The standard InChI is InChI=1S/C21H30N2O3/c1-4-23(19(24)17-10-21(11-17)12-26-20(25)22-21)18-8-16(9-18)15-6-13(2)5-14(3)7-15/h5-7,16-19,24H,4,8-12H2,1-3H3,(H,22,25). The van der Waals surface area contributed by atoms with Crippen molar-refractivity contribution in [1.82, 2.24) is 10.2 Å². The molecule has 1 atom stereocenters. The van der Waals surface area contributed by atoms with Crippen LogP contribution in [0, 0.1) is 19.8 Å². The van der Waals surface area contributed by atoms with Gasteiger partial charge in [-0.3, -0.25) is 4.90 Å². The number of nitrogens with zero attached hydrogens (tertiary/aromatic N) is 1. The van der Waals surface area contributed by atoms with Crippen LogP contribution in [-0.2, 0) is 4.74 Å². The Morgan fingerprint density at radius 3 is 2.46 bits per heavy atom. The summed E-state index contributed by atoms with van der Waals surface area (Å²) in [5.74, 6) is 0.826. The number of nitrogens with one attached hydrogen (secondary N) is 1. The molecule has 0 radical (unpaired) electrons. The molecule has 1 saturated heterocycles. The van der Waals surface area contributed by atoms with Gasteiger partial charge in [0.15, 0.2) is 0 Å². The van der Waals surface area contributed by atoms with E-state index in [1.807, 2.05) is 0 Å². The van der Waals surface area contributed by atoms with E-state index >= 15 is 0 Å². The highest BCUT2D eigenvalue weighted by molar-refractivity contribution is 5.71. The molecule has 26 heavy (non-hydrogen) atoms. The fraction of sp³-hybridized carbons (Fsp3) is 0.667. The number of carbonyl (C=O) groups excluding carboxylic acids is 1. The number of carbonyl (C=O) groups is 1. The van der Waals surface area contributed by atoms with Gasteiger partial charge < -0.3 is 15.2 Å². The van der Waals surface area contributed by atoms with E-state index in [0.717, 1.165) is 32.2 Å². The summed E-state index contributed by atoms with van der Waals surface area (Å²) < 4.78 is 5.04. The predicted molar refractivity (Wildman–Crippen MR) is 100 cm³/mol. The lowest BCUT2D eigenvalue weighted by atomic mass is 9.67. The van der Waals surface area contributed by atoms with E-state index in [9.17, 15) is 9.90 Å². The number of aryl methyl sites for hydroxylation is 2. The second-order valence-electron chi connectivity index (χ2n) is 8.64. The molecule has 5 heteroatoms. The van der Waals surface area contributed by atoms with E-state index in [-0.39, 0.29) is 17.6 Å². The van der Waals surface area contributed by atoms with Crippen molar-refractivity contribution in [1.29, 1.82) is 0 Å². The zero-order chi connectivity index (χ0) is 18.5. The third-order valence-electron chi connectivity index (χ3n) is 6.58. The number of benzene rings is 1. The molecule has 2 aliphatic carbocycles. The first-order chi connectivity index (χ1) is 12.4. The zero-order valence-electron chi connectivity index (χ0n) is 16.0. The molecule has 1 heterocycles. The van der Waals surface area contributed by atoms with E-state index < -0.39 is 6.23 Å². The van der Waals surface area contributed by atoms with E-state index in [2.05, 4.69) is 49.2 Å². The molecule has 0 aromatic heterocycles. The number of hydrogen-bond donors (Lipinski definition) is 2. The van der Waals surface area contributed by atoms with Gasteiger partial charge >= 0.3 is 6.09 Å². The van der Waals surface area contributed by atoms with Crippen LogP contribution in [0.1, 0.15) is 55.2 Å². The molecule has 1 spiro atoms. The quantitative estimate of drug-likeness (QED) is 0.794. The highest BCUT2D eigenvalue weighted by Gasteiger charge is 2.53. The van der Waals surface area contributed by atoms with E-state index in [0.29, 0.717) is 18.6 Å². The van der Waals surface area contributed by atoms with Gasteiger partial charge in [-0.1, -0.05) is 36.2 Å². The third kappa shape index (κ3) is 3.12. The average molecular weight is 358 g/mol. The monoisotopic (exact) mass is 358 g/mol. The Kier molecular flexibility index (Phi) is 4.48. The fourth-order valence-corrected chi connectivity index (χ4v) is 5.18. The number of alkyl carbamates (subject to hydrolysis) is 1. The topological polar surface area (TPSA) is 61.8 Å². The SMILES string of the molecule is CCN(C1CC(c2cc(C)cc(C)c2)C1)C(O)C1CC2(COC(=O)N2)C1. The van der Waals surface area contributed by atoms with E-state index in [1.54, 1.807) is 0 Å². The molecule has 2 saturated carbocycles. The number of ether oxygens (including phenoxy) is 1. The lowest BCUT2D eigenvalue weighted by molar-refractivity contribution is -0.119. The summed E-state index contributed by atoms with van der Waals surface area (Å²) in [6.45, 7) is 7.75. The van der Waals surface area contributed by atoms with Gasteiger partial charge in [0.25, 0.3) is 0 Å². The molecule has 5 nitrogen and oxygen atoms in total. The van der Waals surface area contributed by atoms with Gasteiger partial charge in [-0.05, 0) is 57.6 Å². The fourth-order valence-electron chi connectivity index (χ4n) is 5.18. The maximum Gasteiger partial charge on any atom is 0.407 e. The second kappa shape index (κ2) is 6.54. The molecule has 4 rings (SSSR count). The largest absolute Gasteiger partial charge is 0.447 e. The molecule has 1 aromatic carbocycles. The Labute approximate surface area is 155 Å². The molecular formula is C21H30N2O3. The Hall–Kier alpha value is -1.59. The van der Waals surface area contributed by atoms with Crippen molar-refractivity contribution < 1.29 is 14.6 Å². The predicted octanol–water partition coefficient (Wildman–Crippen LogP) is 3.08.